The SMILES string of the molecule is CCCCC(CC)(Nc1ccc(Cl)cc1)C(=O)OCC. The van der Waals surface area contributed by atoms with Crippen molar-refractivity contribution >= 4 is 23.3 Å². The number of hydrogen-bond donors (Lipinski definition) is 1. The zero-order valence-electron chi connectivity index (χ0n) is 12.5. The third kappa shape index (κ3) is 4.41. The number of benzene rings is 1. The topological polar surface area (TPSA) is 38.3 Å². The fraction of sp³-hybridized carbons (Fsp3) is 0.562. The van der Waals surface area contributed by atoms with E-state index in [1.807, 2.05) is 38.1 Å². The second-order valence-electron chi connectivity index (χ2n) is 4.89. The zero-order chi connectivity index (χ0) is 15.0. The molecule has 0 heterocycles. The van der Waals surface area contributed by atoms with Crippen LogP contribution in [-0.4, -0.2) is 18.1 Å². The minimum atomic E-state index is -0.653. The fourth-order valence-electron chi connectivity index (χ4n) is 2.18. The number of rotatable bonds is 8. The highest BCUT2D eigenvalue weighted by Crippen LogP contribution is 2.27. The van der Waals surface area contributed by atoms with E-state index in [9.17, 15) is 4.79 Å². The number of nitrogens with one attached hydrogen (secondary N) is 1. The molecule has 0 aliphatic carbocycles. The molecule has 20 heavy (non-hydrogen) atoms. The average molecular weight is 298 g/mol. The molecule has 1 aromatic carbocycles. The minimum Gasteiger partial charge on any atom is -0.464 e. The molecular formula is C16H24ClNO2. The van der Waals surface area contributed by atoms with Gasteiger partial charge in [0, 0.05) is 10.7 Å². The molecule has 4 heteroatoms. The van der Waals surface area contributed by atoms with Crippen LogP contribution in [0.3, 0.4) is 0 Å². The van der Waals surface area contributed by atoms with Crippen LogP contribution in [-0.2, 0) is 9.53 Å². The minimum absolute atomic E-state index is 0.175. The quantitative estimate of drug-likeness (QED) is 0.710. The van der Waals surface area contributed by atoms with Crippen molar-refractivity contribution in [3.05, 3.63) is 29.3 Å². The second kappa shape index (κ2) is 8.15. The summed E-state index contributed by atoms with van der Waals surface area (Å²) in [6.07, 6.45) is 3.48. The summed E-state index contributed by atoms with van der Waals surface area (Å²) >= 11 is 5.89. The molecule has 0 bridgehead atoms. The predicted molar refractivity (Wildman–Crippen MR) is 84.3 cm³/mol. The van der Waals surface area contributed by atoms with Crippen LogP contribution in [0, 0.1) is 0 Å². The van der Waals surface area contributed by atoms with Gasteiger partial charge in [-0.05, 0) is 44.0 Å². The molecule has 0 amide bonds. The number of esters is 1. The normalized spacial score (nSPS) is 13.6. The lowest BCUT2D eigenvalue weighted by Gasteiger charge is -2.32. The van der Waals surface area contributed by atoms with Crippen LogP contribution in [0.4, 0.5) is 5.69 Å². The zero-order valence-corrected chi connectivity index (χ0v) is 13.3. The summed E-state index contributed by atoms with van der Waals surface area (Å²) in [6, 6.07) is 7.40. The van der Waals surface area contributed by atoms with Crippen molar-refractivity contribution < 1.29 is 9.53 Å². The molecule has 0 radical (unpaired) electrons. The highest BCUT2D eigenvalue weighted by Gasteiger charge is 2.37. The summed E-state index contributed by atoms with van der Waals surface area (Å²) in [5.41, 5.74) is 0.236. The van der Waals surface area contributed by atoms with Gasteiger partial charge in [-0.2, -0.15) is 0 Å². The number of ether oxygens (including phenoxy) is 1. The highest BCUT2D eigenvalue weighted by atomic mass is 35.5. The molecule has 0 spiro atoms. The van der Waals surface area contributed by atoms with E-state index in [0.717, 1.165) is 24.9 Å². The second-order valence-corrected chi connectivity index (χ2v) is 5.33. The van der Waals surface area contributed by atoms with Gasteiger partial charge in [-0.1, -0.05) is 38.3 Å². The first-order valence-corrected chi connectivity index (χ1v) is 7.66. The van der Waals surface area contributed by atoms with E-state index in [0.29, 0.717) is 18.1 Å². The first kappa shape index (κ1) is 16.8. The van der Waals surface area contributed by atoms with Crippen molar-refractivity contribution in [2.45, 2.75) is 52.0 Å². The van der Waals surface area contributed by atoms with Gasteiger partial charge in [0.1, 0.15) is 5.54 Å². The van der Waals surface area contributed by atoms with Gasteiger partial charge < -0.3 is 10.1 Å². The number of hydrogen-bond acceptors (Lipinski definition) is 3. The van der Waals surface area contributed by atoms with Gasteiger partial charge in [0.15, 0.2) is 0 Å². The lowest BCUT2D eigenvalue weighted by molar-refractivity contribution is -0.149. The molecule has 1 atom stereocenters. The Kier molecular flexibility index (Phi) is 6.86. The Bertz CT molecular complexity index is 419. The van der Waals surface area contributed by atoms with E-state index in [1.54, 1.807) is 0 Å². The van der Waals surface area contributed by atoms with Crippen molar-refractivity contribution in [1.82, 2.24) is 0 Å². The van der Waals surface area contributed by atoms with Gasteiger partial charge in [-0.25, -0.2) is 4.79 Å². The Morgan fingerprint density at radius 2 is 1.90 bits per heavy atom. The first-order chi connectivity index (χ1) is 9.57. The van der Waals surface area contributed by atoms with Crippen molar-refractivity contribution in [2.75, 3.05) is 11.9 Å². The molecular weight excluding hydrogens is 274 g/mol. The Balaban J connectivity index is 2.95. The van der Waals surface area contributed by atoms with E-state index < -0.39 is 5.54 Å². The van der Waals surface area contributed by atoms with Gasteiger partial charge in [-0.15, -0.1) is 0 Å². The van der Waals surface area contributed by atoms with Gasteiger partial charge >= 0.3 is 5.97 Å². The van der Waals surface area contributed by atoms with E-state index in [4.69, 9.17) is 16.3 Å². The van der Waals surface area contributed by atoms with Crippen LogP contribution in [0.1, 0.15) is 46.5 Å². The summed E-state index contributed by atoms with van der Waals surface area (Å²) in [5, 5.41) is 4.04. The molecule has 1 N–H and O–H groups in total. The third-order valence-corrected chi connectivity index (χ3v) is 3.71. The maximum Gasteiger partial charge on any atom is 0.331 e. The predicted octanol–water partition coefficient (Wildman–Crippen LogP) is 4.65. The summed E-state index contributed by atoms with van der Waals surface area (Å²) < 4.78 is 5.26. The first-order valence-electron chi connectivity index (χ1n) is 7.29. The molecule has 1 rings (SSSR count). The van der Waals surface area contributed by atoms with Crippen LogP contribution in [0.25, 0.3) is 0 Å². The summed E-state index contributed by atoms with van der Waals surface area (Å²) in [6.45, 7) is 6.36. The Morgan fingerprint density at radius 3 is 2.40 bits per heavy atom. The van der Waals surface area contributed by atoms with Crippen LogP contribution in [0.2, 0.25) is 5.02 Å². The fourth-order valence-corrected chi connectivity index (χ4v) is 2.31. The summed E-state index contributed by atoms with van der Waals surface area (Å²) in [7, 11) is 0. The van der Waals surface area contributed by atoms with Crippen LogP contribution < -0.4 is 5.32 Å². The summed E-state index contributed by atoms with van der Waals surface area (Å²) in [5.74, 6) is -0.175. The van der Waals surface area contributed by atoms with Gasteiger partial charge in [0.2, 0.25) is 0 Å². The molecule has 3 nitrogen and oxygen atoms in total. The Morgan fingerprint density at radius 1 is 1.25 bits per heavy atom. The standard InChI is InChI=1S/C16H24ClNO2/c1-4-7-12-16(5-2,15(19)20-6-3)18-14-10-8-13(17)9-11-14/h8-11,18H,4-7,12H2,1-3H3. The van der Waals surface area contributed by atoms with Gasteiger partial charge in [0.25, 0.3) is 0 Å². The Labute approximate surface area is 126 Å². The molecule has 0 saturated carbocycles. The lowest BCUT2D eigenvalue weighted by atomic mass is 9.89. The number of halogens is 1. The number of anilines is 1. The molecule has 112 valence electrons. The van der Waals surface area contributed by atoms with E-state index in [1.165, 1.54) is 0 Å². The van der Waals surface area contributed by atoms with Crippen LogP contribution in [0.15, 0.2) is 24.3 Å². The summed E-state index contributed by atoms with van der Waals surface area (Å²) in [4.78, 5) is 12.4. The smallest absolute Gasteiger partial charge is 0.331 e. The monoisotopic (exact) mass is 297 g/mol. The van der Waals surface area contributed by atoms with Gasteiger partial charge in [0.05, 0.1) is 6.61 Å². The molecule has 0 aromatic heterocycles. The highest BCUT2D eigenvalue weighted by molar-refractivity contribution is 6.30. The maximum absolute atomic E-state index is 12.4. The average Bonchev–Trinajstić information content (AvgIpc) is 2.46. The van der Waals surface area contributed by atoms with E-state index in [-0.39, 0.29) is 5.97 Å². The number of carbonyl (C=O) groups is 1. The molecule has 0 aliphatic rings. The molecule has 0 aliphatic heterocycles. The Hall–Kier alpha value is -1.22. The lowest BCUT2D eigenvalue weighted by Crippen LogP contribution is -2.47. The maximum atomic E-state index is 12.4. The van der Waals surface area contributed by atoms with Crippen molar-refractivity contribution in [3.63, 3.8) is 0 Å². The largest absolute Gasteiger partial charge is 0.464 e. The molecule has 1 unspecified atom stereocenters. The molecule has 0 saturated heterocycles. The number of unbranched alkanes of at least 4 members (excludes halogenated alkanes) is 1. The van der Waals surface area contributed by atoms with Crippen LogP contribution in [0.5, 0.6) is 0 Å². The third-order valence-electron chi connectivity index (χ3n) is 3.45. The molecule has 1 aromatic rings. The van der Waals surface area contributed by atoms with E-state index in [2.05, 4.69) is 12.2 Å². The van der Waals surface area contributed by atoms with Crippen molar-refractivity contribution in [3.8, 4) is 0 Å². The number of carbonyl (C=O) groups excluding carboxylic acids is 1. The van der Waals surface area contributed by atoms with Gasteiger partial charge in [-0.3, -0.25) is 0 Å². The van der Waals surface area contributed by atoms with Crippen molar-refractivity contribution in [2.24, 2.45) is 0 Å². The van der Waals surface area contributed by atoms with Crippen molar-refractivity contribution in [1.29, 1.82) is 0 Å². The van der Waals surface area contributed by atoms with E-state index >= 15 is 0 Å². The molecule has 0 fully saturated rings. The van der Waals surface area contributed by atoms with Crippen LogP contribution >= 0.6 is 11.6 Å².